The largest absolute Gasteiger partial charge is 0.358 e. The molecule has 0 radical (unpaired) electrons. The fraction of sp³-hybridized carbons (Fsp3) is 0.667. The number of H-pyrrole nitrogens is 1. The minimum Gasteiger partial charge on any atom is -0.358 e. The maximum atomic E-state index is 10.4. The van der Waals surface area contributed by atoms with Gasteiger partial charge in [-0.15, -0.1) is 0 Å². The van der Waals surface area contributed by atoms with Gasteiger partial charge in [0, 0.05) is 6.42 Å². The van der Waals surface area contributed by atoms with Crippen LogP contribution < -0.4 is 0 Å². The van der Waals surface area contributed by atoms with Crippen molar-refractivity contribution >= 4 is 17.6 Å². The highest BCUT2D eigenvalue weighted by Crippen LogP contribution is 2.10. The molecule has 0 fully saturated rings. The number of hydrogen-bond donors (Lipinski definition) is 1. The summed E-state index contributed by atoms with van der Waals surface area (Å²) in [6.45, 7) is 2.16. The molecule has 6 heteroatoms. The van der Waals surface area contributed by atoms with E-state index in [2.05, 4.69) is 16.9 Å². The fourth-order valence-corrected chi connectivity index (χ4v) is 2.00. The minimum absolute atomic E-state index is 0.0220. The molecule has 5 nitrogen and oxygen atoms in total. The number of nitro groups is 1. The zero-order valence-corrected chi connectivity index (χ0v) is 9.55. The molecule has 0 saturated carbocycles. The molecule has 1 rings (SSSR count). The number of aromatic amines is 1. The molecule has 0 spiro atoms. The summed E-state index contributed by atoms with van der Waals surface area (Å²) in [5.74, 6) is 2.95. The summed E-state index contributed by atoms with van der Waals surface area (Å²) in [6, 6.07) is 0. The molecule has 0 unspecified atom stereocenters. The summed E-state index contributed by atoms with van der Waals surface area (Å²) in [7, 11) is 0. The maximum absolute atomic E-state index is 10.4. The lowest BCUT2D eigenvalue weighted by atomic mass is 10.3. The highest BCUT2D eigenvalue weighted by molar-refractivity contribution is 7.99. The Morgan fingerprint density at radius 1 is 1.60 bits per heavy atom. The van der Waals surface area contributed by atoms with Gasteiger partial charge >= 0.3 is 5.82 Å². The van der Waals surface area contributed by atoms with Crippen molar-refractivity contribution in [1.29, 1.82) is 0 Å². The van der Waals surface area contributed by atoms with Crippen LogP contribution in [0.1, 0.15) is 25.6 Å². The smallest absolute Gasteiger partial charge is 0.340 e. The molecule has 1 aromatic heterocycles. The molecule has 0 aliphatic heterocycles. The molecule has 15 heavy (non-hydrogen) atoms. The number of nitrogens with zero attached hydrogens (tertiary/aromatic N) is 2. The monoisotopic (exact) mass is 229 g/mol. The van der Waals surface area contributed by atoms with Crippen LogP contribution in [0.3, 0.4) is 0 Å². The Morgan fingerprint density at radius 3 is 3.00 bits per heavy atom. The summed E-state index contributed by atoms with van der Waals surface area (Å²) < 4.78 is 0. The van der Waals surface area contributed by atoms with Crippen LogP contribution in [0.15, 0.2) is 6.20 Å². The zero-order valence-electron chi connectivity index (χ0n) is 8.73. The van der Waals surface area contributed by atoms with E-state index in [0.717, 1.165) is 18.6 Å². The number of thioether (sulfide) groups is 1. The van der Waals surface area contributed by atoms with Crippen LogP contribution in [0, 0.1) is 10.1 Å². The molecular weight excluding hydrogens is 214 g/mol. The first kappa shape index (κ1) is 12.0. The molecule has 0 aliphatic rings. The molecule has 0 atom stereocenters. The van der Waals surface area contributed by atoms with Gasteiger partial charge in [0.05, 0.1) is 0 Å². The summed E-state index contributed by atoms with van der Waals surface area (Å²) in [4.78, 5) is 16.5. The molecule has 84 valence electrons. The van der Waals surface area contributed by atoms with Crippen molar-refractivity contribution in [2.75, 3.05) is 11.5 Å². The minimum atomic E-state index is -0.456. The van der Waals surface area contributed by atoms with Crippen molar-refractivity contribution in [2.45, 2.75) is 26.2 Å². The number of imidazole rings is 1. The Morgan fingerprint density at radius 2 is 2.40 bits per heavy atom. The third-order valence-corrected chi connectivity index (χ3v) is 3.14. The third kappa shape index (κ3) is 4.33. The van der Waals surface area contributed by atoms with Crippen LogP contribution in [-0.2, 0) is 6.42 Å². The van der Waals surface area contributed by atoms with E-state index in [1.54, 1.807) is 0 Å². The van der Waals surface area contributed by atoms with Crippen LogP contribution in [0.5, 0.6) is 0 Å². The topological polar surface area (TPSA) is 71.8 Å². The van der Waals surface area contributed by atoms with E-state index >= 15 is 0 Å². The van der Waals surface area contributed by atoms with Crippen LogP contribution >= 0.6 is 11.8 Å². The maximum Gasteiger partial charge on any atom is 0.340 e. The Kier molecular flexibility index (Phi) is 5.17. The third-order valence-electron chi connectivity index (χ3n) is 1.86. The first-order valence-corrected chi connectivity index (χ1v) is 6.15. The summed E-state index contributed by atoms with van der Waals surface area (Å²) in [5, 5.41) is 10.4. The molecule has 0 bridgehead atoms. The first-order chi connectivity index (χ1) is 7.24. The van der Waals surface area contributed by atoms with E-state index in [9.17, 15) is 10.1 Å². The predicted molar refractivity (Wildman–Crippen MR) is 61.2 cm³/mol. The van der Waals surface area contributed by atoms with Crippen LogP contribution in [0.25, 0.3) is 0 Å². The highest BCUT2D eigenvalue weighted by atomic mass is 32.2. The van der Waals surface area contributed by atoms with Gasteiger partial charge in [-0.1, -0.05) is 6.92 Å². The molecule has 0 aliphatic carbocycles. The second-order valence-corrected chi connectivity index (χ2v) is 4.41. The second-order valence-electron chi connectivity index (χ2n) is 3.19. The van der Waals surface area contributed by atoms with Gasteiger partial charge in [-0.25, -0.2) is 9.97 Å². The van der Waals surface area contributed by atoms with Crippen molar-refractivity contribution in [2.24, 2.45) is 0 Å². The second kappa shape index (κ2) is 6.44. The van der Waals surface area contributed by atoms with Crippen molar-refractivity contribution in [3.05, 3.63) is 22.1 Å². The van der Waals surface area contributed by atoms with Crippen molar-refractivity contribution in [3.63, 3.8) is 0 Å². The lowest BCUT2D eigenvalue weighted by Crippen LogP contribution is -1.92. The molecule has 0 saturated heterocycles. The van der Waals surface area contributed by atoms with Crippen molar-refractivity contribution in [3.8, 4) is 0 Å². The van der Waals surface area contributed by atoms with E-state index in [1.165, 1.54) is 18.4 Å². The Balaban J connectivity index is 2.23. The van der Waals surface area contributed by atoms with E-state index in [-0.39, 0.29) is 5.82 Å². The van der Waals surface area contributed by atoms with Crippen LogP contribution in [-0.4, -0.2) is 26.4 Å². The van der Waals surface area contributed by atoms with Crippen LogP contribution in [0.4, 0.5) is 5.82 Å². The van der Waals surface area contributed by atoms with E-state index < -0.39 is 4.92 Å². The molecule has 0 aromatic carbocycles. The van der Waals surface area contributed by atoms with Gasteiger partial charge in [0.25, 0.3) is 0 Å². The standard InChI is InChI=1S/C9H15N3O2S/c1-2-5-15-6-3-4-8-10-7-9(11-8)12(13)14/h7H,2-6H2,1H3,(H,10,11). The van der Waals surface area contributed by atoms with Crippen molar-refractivity contribution in [1.82, 2.24) is 9.97 Å². The summed E-state index contributed by atoms with van der Waals surface area (Å²) in [5.41, 5.74) is 0. The van der Waals surface area contributed by atoms with Crippen LogP contribution in [0.2, 0.25) is 0 Å². The lowest BCUT2D eigenvalue weighted by Gasteiger charge is -1.96. The normalized spacial score (nSPS) is 10.5. The number of rotatable bonds is 7. The number of nitrogens with one attached hydrogen (secondary N) is 1. The Bertz CT molecular complexity index is 314. The van der Waals surface area contributed by atoms with Gasteiger partial charge < -0.3 is 10.1 Å². The van der Waals surface area contributed by atoms with Gasteiger partial charge in [-0.3, -0.25) is 0 Å². The van der Waals surface area contributed by atoms with Gasteiger partial charge in [0.2, 0.25) is 0 Å². The Hall–Kier alpha value is -1.04. The van der Waals surface area contributed by atoms with E-state index in [0.29, 0.717) is 5.82 Å². The molecule has 1 heterocycles. The zero-order chi connectivity index (χ0) is 11.1. The van der Waals surface area contributed by atoms with E-state index in [1.807, 2.05) is 11.8 Å². The van der Waals surface area contributed by atoms with Gasteiger partial charge in [0.15, 0.2) is 5.82 Å². The highest BCUT2D eigenvalue weighted by Gasteiger charge is 2.08. The van der Waals surface area contributed by atoms with E-state index in [4.69, 9.17) is 0 Å². The quantitative estimate of drug-likeness (QED) is 0.442. The predicted octanol–water partition coefficient (Wildman–Crippen LogP) is 2.39. The summed E-state index contributed by atoms with van der Waals surface area (Å²) in [6.07, 6.45) is 4.26. The van der Waals surface area contributed by atoms with Gasteiger partial charge in [0.1, 0.15) is 6.20 Å². The van der Waals surface area contributed by atoms with Crippen molar-refractivity contribution < 1.29 is 4.92 Å². The number of hydrogen-bond acceptors (Lipinski definition) is 4. The van der Waals surface area contributed by atoms with Gasteiger partial charge in [-0.2, -0.15) is 11.8 Å². The first-order valence-electron chi connectivity index (χ1n) is 5.00. The Labute approximate surface area is 92.8 Å². The average molecular weight is 229 g/mol. The SMILES string of the molecule is CCCSCCCc1ncc([N+](=O)[O-])[nH]1. The average Bonchev–Trinajstić information content (AvgIpc) is 2.66. The molecular formula is C9H15N3O2S. The lowest BCUT2D eigenvalue weighted by molar-refractivity contribution is -0.389. The summed E-state index contributed by atoms with van der Waals surface area (Å²) >= 11 is 1.91. The molecule has 0 amide bonds. The molecule has 1 aromatic rings. The molecule has 1 N–H and O–H groups in total. The van der Waals surface area contributed by atoms with Gasteiger partial charge in [-0.05, 0) is 29.3 Å². The fourth-order valence-electron chi connectivity index (χ4n) is 1.16. The number of aryl methyl sites for hydroxylation is 1. The number of aromatic nitrogens is 2.